The molecule has 1 N–H and O–H groups in total. The molecule has 1 amide bonds. The highest BCUT2D eigenvalue weighted by molar-refractivity contribution is 6.30. The minimum Gasteiger partial charge on any atom is -0.454 e. The van der Waals surface area contributed by atoms with Gasteiger partial charge < -0.3 is 19.7 Å². The molecule has 10 nitrogen and oxygen atoms in total. The highest BCUT2D eigenvalue weighted by Gasteiger charge is 2.31. The van der Waals surface area contributed by atoms with E-state index in [1.165, 1.54) is 0 Å². The first-order chi connectivity index (χ1) is 19.5. The van der Waals surface area contributed by atoms with E-state index in [1.54, 1.807) is 29.4 Å². The molecule has 0 saturated carbocycles. The summed E-state index contributed by atoms with van der Waals surface area (Å²) in [7, 11) is 0. The molecule has 0 bridgehead atoms. The van der Waals surface area contributed by atoms with Gasteiger partial charge in [0.1, 0.15) is 17.3 Å². The zero-order valence-electron chi connectivity index (χ0n) is 21.5. The van der Waals surface area contributed by atoms with Crippen LogP contribution in [0.4, 0.5) is 5.82 Å². The van der Waals surface area contributed by atoms with Gasteiger partial charge in [-0.25, -0.2) is 9.97 Å². The lowest BCUT2D eigenvalue weighted by atomic mass is 10.1. The Hall–Kier alpha value is -3.86. The van der Waals surface area contributed by atoms with E-state index in [9.17, 15) is 4.79 Å². The van der Waals surface area contributed by atoms with Crippen LogP contribution in [0, 0.1) is 0 Å². The summed E-state index contributed by atoms with van der Waals surface area (Å²) in [6.07, 6.45) is 5.33. The summed E-state index contributed by atoms with van der Waals surface area (Å²) in [4.78, 5) is 30.9. The Morgan fingerprint density at radius 2 is 1.82 bits per heavy atom. The van der Waals surface area contributed by atoms with E-state index in [2.05, 4.69) is 31.2 Å². The molecule has 40 heavy (non-hydrogen) atoms. The van der Waals surface area contributed by atoms with E-state index in [0.717, 1.165) is 35.7 Å². The number of nitrogens with one attached hydrogen (secondary N) is 1. The molecule has 0 spiro atoms. The lowest BCUT2D eigenvalue weighted by Crippen LogP contribution is -2.54. The Morgan fingerprint density at radius 1 is 1.00 bits per heavy atom. The smallest absolute Gasteiger partial charge is 0.238 e. The molecule has 2 aliphatic rings. The van der Waals surface area contributed by atoms with Gasteiger partial charge in [-0.2, -0.15) is 4.98 Å². The summed E-state index contributed by atoms with van der Waals surface area (Å²) in [5, 5.41) is 4.03. The number of nitrogens with zero attached hydrogens (tertiary/aromatic N) is 6. The number of fused-ring (bicyclic) bond motifs is 1. The lowest BCUT2D eigenvalue weighted by molar-refractivity contribution is -0.121. The van der Waals surface area contributed by atoms with Crippen LogP contribution in [-0.4, -0.2) is 62.8 Å². The maximum atomic E-state index is 13.2. The van der Waals surface area contributed by atoms with Crippen LogP contribution in [0.3, 0.4) is 0 Å². The average Bonchev–Trinajstić information content (AvgIpc) is 3.65. The van der Waals surface area contributed by atoms with Gasteiger partial charge in [0.25, 0.3) is 0 Å². The first-order valence-electron chi connectivity index (χ1n) is 12.9. The fourth-order valence-corrected chi connectivity index (χ4v) is 5.26. The molecular formula is C28H27Cl2N7O3. The van der Waals surface area contributed by atoms with Crippen molar-refractivity contribution in [1.29, 1.82) is 0 Å². The number of rotatable bonds is 8. The Kier molecular flexibility index (Phi) is 7.72. The third-order valence-corrected chi connectivity index (χ3v) is 7.38. The number of amides is 1. The highest BCUT2D eigenvalue weighted by Crippen LogP contribution is 2.33. The Balaban J connectivity index is 1.20. The van der Waals surface area contributed by atoms with Gasteiger partial charge in [-0.1, -0.05) is 41.4 Å². The second-order valence-corrected chi connectivity index (χ2v) is 10.5. The Labute approximate surface area is 241 Å². The maximum absolute atomic E-state index is 13.2. The van der Waals surface area contributed by atoms with Crippen molar-refractivity contribution in [2.24, 2.45) is 0 Å². The first-order valence-corrected chi connectivity index (χ1v) is 13.7. The molecule has 2 aromatic heterocycles. The lowest BCUT2D eigenvalue weighted by Gasteiger charge is -2.42. The van der Waals surface area contributed by atoms with Gasteiger partial charge in [-0.05, 0) is 35.4 Å². The SMILES string of the molecule is O=C(CC1CN(Cc2ccc3c(c2)OCO3)CCN1c1cc(Cl)nc(-n2ccnc2)n1)NCc1ccc(Cl)cc1. The minimum atomic E-state index is -0.144. The van der Waals surface area contributed by atoms with Crippen LogP contribution >= 0.6 is 23.2 Å². The van der Waals surface area contributed by atoms with E-state index in [-0.39, 0.29) is 25.2 Å². The van der Waals surface area contributed by atoms with Crippen LogP contribution in [-0.2, 0) is 17.9 Å². The number of anilines is 1. The topological polar surface area (TPSA) is 97.6 Å². The van der Waals surface area contributed by atoms with E-state index < -0.39 is 0 Å². The molecular weight excluding hydrogens is 553 g/mol. The van der Waals surface area contributed by atoms with Crippen LogP contribution in [0.25, 0.3) is 5.95 Å². The number of hydrogen-bond donors (Lipinski definition) is 1. The van der Waals surface area contributed by atoms with Crippen LogP contribution in [0.1, 0.15) is 17.5 Å². The van der Waals surface area contributed by atoms with Gasteiger partial charge >= 0.3 is 0 Å². The van der Waals surface area contributed by atoms with Gasteiger partial charge in [-0.3, -0.25) is 14.3 Å². The molecule has 0 aliphatic carbocycles. The fourth-order valence-electron chi connectivity index (χ4n) is 4.96. The van der Waals surface area contributed by atoms with Gasteiger partial charge in [0, 0.05) is 62.6 Å². The second kappa shape index (κ2) is 11.7. The molecule has 1 unspecified atom stereocenters. The number of piperazine rings is 1. The standard InChI is InChI=1S/C28H27Cl2N7O3/c29-21-4-1-19(2-5-21)14-32-27(38)12-22-16-35(15-20-3-6-23-24(11-20)40-18-39-23)9-10-37(22)26-13-25(30)33-28(34-26)36-8-7-31-17-36/h1-8,11,13,17,22H,9-10,12,14-16,18H2,(H,32,38). The van der Waals surface area contributed by atoms with E-state index in [1.807, 2.05) is 36.4 Å². The number of benzene rings is 2. The summed E-state index contributed by atoms with van der Waals surface area (Å²) in [5.74, 6) is 2.57. The van der Waals surface area contributed by atoms with Crippen LogP contribution in [0.2, 0.25) is 10.2 Å². The van der Waals surface area contributed by atoms with Gasteiger partial charge in [0.15, 0.2) is 11.5 Å². The molecule has 0 radical (unpaired) electrons. The van der Waals surface area contributed by atoms with Crippen molar-refractivity contribution in [3.8, 4) is 17.4 Å². The van der Waals surface area contributed by atoms with Crippen molar-refractivity contribution < 1.29 is 14.3 Å². The van der Waals surface area contributed by atoms with Crippen molar-refractivity contribution in [1.82, 2.24) is 29.7 Å². The van der Waals surface area contributed by atoms with Crippen LogP contribution < -0.4 is 19.7 Å². The molecule has 206 valence electrons. The summed E-state index contributed by atoms with van der Waals surface area (Å²) in [5.41, 5.74) is 2.10. The number of carbonyl (C=O) groups is 1. The summed E-state index contributed by atoms with van der Waals surface area (Å²) < 4.78 is 12.7. The van der Waals surface area contributed by atoms with E-state index in [4.69, 9.17) is 37.7 Å². The molecule has 12 heteroatoms. The molecule has 1 fully saturated rings. The number of imidazole rings is 1. The fraction of sp³-hybridized carbons (Fsp3) is 0.286. The molecule has 6 rings (SSSR count). The predicted molar refractivity (Wildman–Crippen MR) is 151 cm³/mol. The van der Waals surface area contributed by atoms with Crippen LogP contribution in [0.5, 0.6) is 11.5 Å². The number of halogens is 2. The third kappa shape index (κ3) is 6.14. The number of hydrogen-bond acceptors (Lipinski definition) is 8. The molecule has 4 heterocycles. The van der Waals surface area contributed by atoms with Crippen molar-refractivity contribution in [3.05, 3.63) is 88.6 Å². The summed E-state index contributed by atoms with van der Waals surface area (Å²) in [6, 6.07) is 15.1. The molecule has 4 aromatic rings. The van der Waals surface area contributed by atoms with E-state index in [0.29, 0.717) is 41.6 Å². The van der Waals surface area contributed by atoms with Crippen molar-refractivity contribution in [2.45, 2.75) is 25.6 Å². The molecule has 2 aliphatic heterocycles. The molecule has 2 aromatic carbocycles. The van der Waals surface area contributed by atoms with E-state index >= 15 is 0 Å². The summed E-state index contributed by atoms with van der Waals surface area (Å²) >= 11 is 12.4. The highest BCUT2D eigenvalue weighted by atomic mass is 35.5. The molecule has 1 atom stereocenters. The predicted octanol–water partition coefficient (Wildman–Crippen LogP) is 4.10. The monoisotopic (exact) mass is 579 g/mol. The second-order valence-electron chi connectivity index (χ2n) is 9.70. The average molecular weight is 580 g/mol. The molecule has 1 saturated heterocycles. The Bertz CT molecular complexity index is 1480. The largest absolute Gasteiger partial charge is 0.454 e. The normalized spacial score (nSPS) is 16.8. The number of carbonyl (C=O) groups excluding carboxylic acids is 1. The third-order valence-electron chi connectivity index (χ3n) is 6.93. The van der Waals surface area contributed by atoms with Crippen LogP contribution in [0.15, 0.2) is 67.3 Å². The zero-order valence-corrected chi connectivity index (χ0v) is 23.1. The Morgan fingerprint density at radius 3 is 2.65 bits per heavy atom. The number of aromatic nitrogens is 4. The van der Waals surface area contributed by atoms with Crippen molar-refractivity contribution >= 4 is 34.9 Å². The minimum absolute atomic E-state index is 0.0511. The quantitative estimate of drug-likeness (QED) is 0.312. The first kappa shape index (κ1) is 26.4. The van der Waals surface area contributed by atoms with Gasteiger partial charge in [-0.15, -0.1) is 0 Å². The zero-order chi connectivity index (χ0) is 27.5. The van der Waals surface area contributed by atoms with Gasteiger partial charge in [0.05, 0.1) is 6.04 Å². The van der Waals surface area contributed by atoms with Gasteiger partial charge in [0.2, 0.25) is 18.6 Å². The number of ether oxygens (including phenoxy) is 2. The maximum Gasteiger partial charge on any atom is 0.238 e. The van der Waals surface area contributed by atoms with Crippen molar-refractivity contribution in [3.63, 3.8) is 0 Å². The summed E-state index contributed by atoms with van der Waals surface area (Å²) in [6.45, 7) is 3.49. The van der Waals surface area contributed by atoms with Crippen molar-refractivity contribution in [2.75, 3.05) is 31.3 Å².